The van der Waals surface area contributed by atoms with Crippen LogP contribution in [0.3, 0.4) is 0 Å². The predicted molar refractivity (Wildman–Crippen MR) is 195 cm³/mol. The van der Waals surface area contributed by atoms with Crippen molar-refractivity contribution in [3.05, 3.63) is 35.7 Å². The molecule has 5 aliphatic rings. The molecule has 5 fully saturated rings. The molecule has 0 radical (unpaired) electrons. The number of hydrogen-bond donors (Lipinski definition) is 3. The van der Waals surface area contributed by atoms with Gasteiger partial charge in [0, 0.05) is 37.0 Å². The number of aromatic nitrogens is 3. The Bertz CT molecular complexity index is 1400. The van der Waals surface area contributed by atoms with Crippen molar-refractivity contribution in [3.8, 4) is 6.07 Å². The van der Waals surface area contributed by atoms with Gasteiger partial charge in [-0.05, 0) is 123 Å². The number of nitriles is 1. The lowest BCUT2D eigenvalue weighted by molar-refractivity contribution is -0.0704. The van der Waals surface area contributed by atoms with Crippen LogP contribution in [0.4, 0.5) is 11.8 Å². The largest absolute Gasteiger partial charge is 0.414 e. The molecule has 0 aliphatic heterocycles. The van der Waals surface area contributed by atoms with E-state index in [0.717, 1.165) is 46.6 Å². The first kappa shape index (κ1) is 34.7. The number of thioether (sulfide) groups is 1. The lowest BCUT2D eigenvalue weighted by atomic mass is 9.48. The van der Waals surface area contributed by atoms with Gasteiger partial charge < -0.3 is 20.4 Å². The maximum atomic E-state index is 9.86. The van der Waals surface area contributed by atoms with E-state index in [-0.39, 0.29) is 5.04 Å². The molecule has 2 aromatic rings. The first-order valence-electron chi connectivity index (χ1n) is 18.2. The Hall–Kier alpha value is -2.19. The van der Waals surface area contributed by atoms with Gasteiger partial charge in [0.15, 0.2) is 8.32 Å². The van der Waals surface area contributed by atoms with Crippen molar-refractivity contribution < 1.29 is 4.43 Å². The summed E-state index contributed by atoms with van der Waals surface area (Å²) in [5, 5.41) is 22.3. The van der Waals surface area contributed by atoms with Gasteiger partial charge >= 0.3 is 0 Å². The molecule has 5 atom stereocenters. The van der Waals surface area contributed by atoms with E-state index < -0.39 is 8.32 Å². The monoisotopic (exact) mass is 675 g/mol. The third kappa shape index (κ3) is 8.00. The molecule has 7 rings (SSSR count). The number of nitrogens with one attached hydrogen (secondary N) is 3. The Labute approximate surface area is 288 Å². The topological polar surface area (TPSA) is 108 Å². The molecule has 3 N–H and O–H groups in total. The average molecular weight is 676 g/mol. The van der Waals surface area contributed by atoms with Crippen LogP contribution in [0.25, 0.3) is 0 Å². The number of pyridine rings is 1. The van der Waals surface area contributed by atoms with Crippen molar-refractivity contribution in [2.45, 2.75) is 127 Å². The van der Waals surface area contributed by atoms with E-state index in [4.69, 9.17) is 9.41 Å². The third-order valence-corrected chi connectivity index (χ3v) is 17.7. The Morgan fingerprint density at radius 2 is 1.81 bits per heavy atom. The van der Waals surface area contributed by atoms with E-state index in [0.29, 0.717) is 41.4 Å². The van der Waals surface area contributed by atoms with Gasteiger partial charge in [-0.3, -0.25) is 0 Å². The molecule has 256 valence electrons. The van der Waals surface area contributed by atoms with E-state index in [1.54, 1.807) is 18.0 Å². The highest BCUT2D eigenvalue weighted by Gasteiger charge is 2.55. The fourth-order valence-corrected chi connectivity index (χ4v) is 11.2. The van der Waals surface area contributed by atoms with Gasteiger partial charge in [-0.2, -0.15) is 10.2 Å². The minimum atomic E-state index is -1.69. The van der Waals surface area contributed by atoms with Crippen LogP contribution in [0.2, 0.25) is 18.1 Å². The second-order valence-corrected chi connectivity index (χ2v) is 22.6. The summed E-state index contributed by atoms with van der Waals surface area (Å²) in [5.41, 5.74) is 1.93. The second-order valence-electron chi connectivity index (χ2n) is 16.6. The Balaban J connectivity index is 1.01. The van der Waals surface area contributed by atoms with E-state index in [9.17, 15) is 5.26 Å². The van der Waals surface area contributed by atoms with Crippen LogP contribution in [0, 0.1) is 40.4 Å². The first-order valence-corrected chi connectivity index (χ1v) is 22.1. The molecule has 0 saturated heterocycles. The van der Waals surface area contributed by atoms with Crippen LogP contribution < -0.4 is 16.0 Å². The lowest BCUT2D eigenvalue weighted by Gasteiger charge is -2.60. The van der Waals surface area contributed by atoms with Gasteiger partial charge in [0.1, 0.15) is 22.5 Å². The maximum Gasteiger partial charge on any atom is 0.224 e. The SMILES string of the molecule is CCSc1ncccc1CNc1ncc(C#N)c(NC[C@]23CC4C[C@H](C2)[C@@H](NC[C@H]2CC[C@@H](O[Si](C)(C)C(C)(C)C)CC2)[C@@H](C4)C3)n1. The predicted octanol–water partition coefficient (Wildman–Crippen LogP) is 8.24. The zero-order chi connectivity index (χ0) is 33.2. The third-order valence-electron chi connectivity index (χ3n) is 12.2. The summed E-state index contributed by atoms with van der Waals surface area (Å²) in [6.07, 6.45) is 15.6. The molecule has 2 aromatic heterocycles. The van der Waals surface area contributed by atoms with Crippen LogP contribution in [0.5, 0.6) is 0 Å². The summed E-state index contributed by atoms with van der Waals surface area (Å²) in [4.78, 5) is 13.8. The highest BCUT2D eigenvalue weighted by atomic mass is 32.2. The van der Waals surface area contributed by atoms with Gasteiger partial charge in [-0.15, -0.1) is 11.8 Å². The van der Waals surface area contributed by atoms with Gasteiger partial charge in [-0.25, -0.2) is 9.97 Å². The molecule has 8 nitrogen and oxygen atoms in total. The molecule has 47 heavy (non-hydrogen) atoms. The van der Waals surface area contributed by atoms with Gasteiger partial charge in [-0.1, -0.05) is 33.8 Å². The van der Waals surface area contributed by atoms with Crippen LogP contribution >= 0.6 is 11.8 Å². The molecular weight excluding hydrogens is 619 g/mol. The van der Waals surface area contributed by atoms with Gasteiger partial charge in [0.25, 0.3) is 0 Å². The van der Waals surface area contributed by atoms with E-state index in [2.05, 4.69) is 78.8 Å². The van der Waals surface area contributed by atoms with Crippen molar-refractivity contribution in [3.63, 3.8) is 0 Å². The lowest BCUT2D eigenvalue weighted by Crippen LogP contribution is -2.60. The number of nitrogens with zero attached hydrogens (tertiary/aromatic N) is 4. The van der Waals surface area contributed by atoms with Crippen LogP contribution in [0.15, 0.2) is 29.6 Å². The normalized spacial score (nSPS) is 30.2. The molecule has 0 amide bonds. The molecule has 0 aromatic carbocycles. The van der Waals surface area contributed by atoms with Crippen LogP contribution in [0.1, 0.15) is 96.6 Å². The summed E-state index contributed by atoms with van der Waals surface area (Å²) in [5.74, 6) is 5.30. The van der Waals surface area contributed by atoms with E-state index >= 15 is 0 Å². The quantitative estimate of drug-likeness (QED) is 0.143. The number of anilines is 2. The Kier molecular flexibility index (Phi) is 10.6. The van der Waals surface area contributed by atoms with E-state index in [1.807, 2.05) is 12.3 Å². The molecule has 5 saturated carbocycles. The number of hydrogen-bond acceptors (Lipinski definition) is 9. The van der Waals surface area contributed by atoms with Gasteiger partial charge in [0.2, 0.25) is 5.95 Å². The molecule has 0 spiro atoms. The van der Waals surface area contributed by atoms with Gasteiger partial charge in [0.05, 0.1) is 6.20 Å². The zero-order valence-corrected chi connectivity index (χ0v) is 31.4. The van der Waals surface area contributed by atoms with E-state index in [1.165, 1.54) is 64.3 Å². The molecule has 5 aliphatic carbocycles. The number of rotatable bonds is 13. The van der Waals surface area contributed by atoms with Crippen molar-refractivity contribution in [2.24, 2.45) is 29.1 Å². The highest BCUT2D eigenvalue weighted by Crippen LogP contribution is 2.60. The van der Waals surface area contributed by atoms with Crippen molar-refractivity contribution >= 4 is 31.8 Å². The Morgan fingerprint density at radius 3 is 2.49 bits per heavy atom. The molecule has 4 bridgehead atoms. The molecule has 1 unspecified atom stereocenters. The van der Waals surface area contributed by atoms with Crippen LogP contribution in [-0.4, -0.2) is 54.3 Å². The summed E-state index contributed by atoms with van der Waals surface area (Å²) in [7, 11) is -1.69. The van der Waals surface area contributed by atoms with Crippen molar-refractivity contribution in [2.75, 3.05) is 29.5 Å². The summed E-state index contributed by atoms with van der Waals surface area (Å²) in [6.45, 7) is 16.6. The van der Waals surface area contributed by atoms with Crippen molar-refractivity contribution in [1.29, 1.82) is 5.26 Å². The summed E-state index contributed by atoms with van der Waals surface area (Å²) in [6, 6.07) is 7.03. The minimum absolute atomic E-state index is 0.281. The molecular formula is C37H57N7OSSi. The fourth-order valence-electron chi connectivity index (χ4n) is 9.05. The average Bonchev–Trinajstić information content (AvgIpc) is 3.03. The highest BCUT2D eigenvalue weighted by molar-refractivity contribution is 7.99. The smallest absolute Gasteiger partial charge is 0.224 e. The zero-order valence-electron chi connectivity index (χ0n) is 29.6. The first-order chi connectivity index (χ1) is 22.5. The fraction of sp³-hybridized carbons (Fsp3) is 0.730. The summed E-state index contributed by atoms with van der Waals surface area (Å²) >= 11 is 1.74. The molecule has 10 heteroatoms. The van der Waals surface area contributed by atoms with Crippen molar-refractivity contribution in [1.82, 2.24) is 20.3 Å². The maximum absolute atomic E-state index is 9.86. The second kappa shape index (κ2) is 14.3. The van der Waals surface area contributed by atoms with Crippen LogP contribution in [-0.2, 0) is 11.0 Å². The minimum Gasteiger partial charge on any atom is -0.414 e. The summed E-state index contributed by atoms with van der Waals surface area (Å²) < 4.78 is 6.77. The Morgan fingerprint density at radius 1 is 1.06 bits per heavy atom. The standard InChI is InChI=1S/C37H57N7OSSi/c1-7-46-34-27(9-8-14-39-34)22-41-35-42-23-30(20-38)33(44-35)43-24-37-17-26-15-28(18-37)32(29(16-26)19-37)40-21-25-10-12-31(13-11-25)45-47(5,6)36(2,3)4/h8-9,14,23,25-26,28-29,31-32,40H,7,10-13,15-19,21-22,24H2,1-6H3,(H2,41,42,43,44)/t25-,26?,28-,29+,31+,32-,37-. The molecule has 2 heterocycles.